The van der Waals surface area contributed by atoms with Gasteiger partial charge >= 0.3 is 5.69 Å². The van der Waals surface area contributed by atoms with Crippen molar-refractivity contribution in [2.45, 2.75) is 19.3 Å². The van der Waals surface area contributed by atoms with Crippen LogP contribution in [0.2, 0.25) is 0 Å². The quantitative estimate of drug-likeness (QED) is 0.707. The Bertz CT molecular complexity index is 918. The van der Waals surface area contributed by atoms with E-state index in [0.29, 0.717) is 22.2 Å². The maximum atomic E-state index is 12.6. The predicted molar refractivity (Wildman–Crippen MR) is 80.8 cm³/mol. The minimum Gasteiger partial charge on any atom is -0.306 e. The van der Waals surface area contributed by atoms with E-state index in [0.717, 1.165) is 12.8 Å². The van der Waals surface area contributed by atoms with Crippen molar-refractivity contribution in [2.24, 2.45) is 0 Å². The van der Waals surface area contributed by atoms with Gasteiger partial charge in [-0.25, -0.2) is 4.79 Å². The molecule has 0 atom stereocenters. The van der Waals surface area contributed by atoms with Crippen molar-refractivity contribution in [1.29, 1.82) is 0 Å². The number of ketones is 1. The zero-order valence-electron chi connectivity index (χ0n) is 11.4. The molecule has 1 aliphatic carbocycles. The highest BCUT2D eigenvalue weighted by Gasteiger charge is 2.15. The Labute approximate surface area is 120 Å². The number of carbonyl (C=O) groups is 1. The number of fused-ring (bicyclic) bond motifs is 2. The minimum atomic E-state index is -0.257. The lowest BCUT2D eigenvalue weighted by atomic mass is 9.99. The van der Waals surface area contributed by atoms with E-state index in [2.05, 4.69) is 16.0 Å². The zero-order valence-corrected chi connectivity index (χ0v) is 11.4. The third kappa shape index (κ3) is 2.00. The molecule has 1 aliphatic rings. The fraction of sp³-hybridized carbons (Fsp3) is 0.176. The van der Waals surface area contributed by atoms with Crippen LogP contribution in [0.4, 0.5) is 0 Å². The first kappa shape index (κ1) is 12.1. The summed E-state index contributed by atoms with van der Waals surface area (Å²) in [5.41, 5.74) is 5.07. The van der Waals surface area contributed by atoms with E-state index in [1.165, 1.54) is 17.5 Å². The van der Waals surface area contributed by atoms with Gasteiger partial charge in [-0.15, -0.1) is 0 Å². The smallest absolute Gasteiger partial charge is 0.306 e. The molecule has 0 spiro atoms. The maximum Gasteiger partial charge on any atom is 0.323 e. The van der Waals surface area contributed by atoms with Gasteiger partial charge in [-0.3, -0.25) is 4.79 Å². The average Bonchev–Trinajstić information content (AvgIpc) is 3.09. The van der Waals surface area contributed by atoms with Crippen LogP contribution in [0.3, 0.4) is 0 Å². The summed E-state index contributed by atoms with van der Waals surface area (Å²) >= 11 is 0. The number of benzene rings is 2. The summed E-state index contributed by atoms with van der Waals surface area (Å²) < 4.78 is 0. The number of rotatable bonds is 2. The molecule has 1 heterocycles. The van der Waals surface area contributed by atoms with Crippen molar-refractivity contribution in [3.05, 3.63) is 69.1 Å². The SMILES string of the molecule is O=C(c1ccc2c(c1)CCC2)c1ccc2[nH]c(=O)[nH]c2c1. The largest absolute Gasteiger partial charge is 0.323 e. The number of hydrogen-bond acceptors (Lipinski definition) is 2. The minimum absolute atomic E-state index is 0.00588. The van der Waals surface area contributed by atoms with Gasteiger partial charge in [0.25, 0.3) is 0 Å². The Balaban J connectivity index is 1.77. The molecule has 4 heteroatoms. The molecule has 1 aromatic heterocycles. The average molecular weight is 278 g/mol. The lowest BCUT2D eigenvalue weighted by Crippen LogP contribution is -2.02. The van der Waals surface area contributed by atoms with Gasteiger partial charge in [0.1, 0.15) is 0 Å². The second kappa shape index (κ2) is 4.45. The summed E-state index contributed by atoms with van der Waals surface area (Å²) in [5.74, 6) is -0.00588. The van der Waals surface area contributed by atoms with Crippen molar-refractivity contribution in [1.82, 2.24) is 9.97 Å². The van der Waals surface area contributed by atoms with Gasteiger partial charge in [-0.2, -0.15) is 0 Å². The Morgan fingerprint density at radius 1 is 0.857 bits per heavy atom. The van der Waals surface area contributed by atoms with Gasteiger partial charge in [0, 0.05) is 11.1 Å². The monoisotopic (exact) mass is 278 g/mol. The molecule has 21 heavy (non-hydrogen) atoms. The Kier molecular flexibility index (Phi) is 2.57. The Hall–Kier alpha value is -2.62. The molecule has 0 fully saturated rings. The number of aryl methyl sites for hydroxylation is 2. The second-order valence-electron chi connectivity index (χ2n) is 5.51. The third-order valence-corrected chi connectivity index (χ3v) is 4.14. The van der Waals surface area contributed by atoms with Crippen LogP contribution >= 0.6 is 0 Å². The summed E-state index contributed by atoms with van der Waals surface area (Å²) in [6.45, 7) is 0. The van der Waals surface area contributed by atoms with Crippen molar-refractivity contribution in [3.8, 4) is 0 Å². The first-order valence-electron chi connectivity index (χ1n) is 7.09. The second-order valence-corrected chi connectivity index (χ2v) is 5.51. The number of aromatic nitrogens is 2. The topological polar surface area (TPSA) is 65.7 Å². The van der Waals surface area contributed by atoms with Crippen LogP contribution in [0, 0.1) is 0 Å². The molecule has 0 radical (unpaired) electrons. The molecule has 0 bridgehead atoms. The molecule has 0 unspecified atom stereocenters. The summed E-state index contributed by atoms with van der Waals surface area (Å²) in [4.78, 5) is 29.2. The fourth-order valence-corrected chi connectivity index (χ4v) is 3.05. The molecule has 0 saturated carbocycles. The van der Waals surface area contributed by atoms with Crippen molar-refractivity contribution < 1.29 is 4.79 Å². The fourth-order valence-electron chi connectivity index (χ4n) is 3.05. The predicted octanol–water partition coefficient (Wildman–Crippen LogP) is 2.58. The molecule has 4 nitrogen and oxygen atoms in total. The van der Waals surface area contributed by atoms with Crippen LogP contribution in [0.1, 0.15) is 33.5 Å². The van der Waals surface area contributed by atoms with Crippen LogP contribution in [0.25, 0.3) is 11.0 Å². The molecule has 0 amide bonds. The Morgan fingerprint density at radius 2 is 1.57 bits per heavy atom. The molecule has 0 saturated heterocycles. The molecule has 4 rings (SSSR count). The van der Waals surface area contributed by atoms with Gasteiger partial charge in [0.05, 0.1) is 11.0 Å². The van der Waals surface area contributed by atoms with Crippen LogP contribution in [0.5, 0.6) is 0 Å². The van der Waals surface area contributed by atoms with E-state index in [9.17, 15) is 9.59 Å². The number of carbonyl (C=O) groups excluding carboxylic acids is 1. The van der Waals surface area contributed by atoms with E-state index < -0.39 is 0 Å². The van der Waals surface area contributed by atoms with E-state index >= 15 is 0 Å². The van der Waals surface area contributed by atoms with E-state index in [1.807, 2.05) is 12.1 Å². The summed E-state index contributed by atoms with van der Waals surface area (Å²) in [6, 6.07) is 11.2. The summed E-state index contributed by atoms with van der Waals surface area (Å²) in [6.07, 6.45) is 3.34. The Morgan fingerprint density at radius 3 is 2.48 bits per heavy atom. The van der Waals surface area contributed by atoms with Crippen LogP contribution in [0.15, 0.2) is 41.2 Å². The zero-order chi connectivity index (χ0) is 14.4. The summed E-state index contributed by atoms with van der Waals surface area (Å²) in [7, 11) is 0. The molecule has 0 aliphatic heterocycles. The molecule has 3 aromatic rings. The highest BCUT2D eigenvalue weighted by molar-refractivity contribution is 6.10. The first-order chi connectivity index (χ1) is 10.2. The van der Waals surface area contributed by atoms with Gasteiger partial charge in [0.15, 0.2) is 5.78 Å². The first-order valence-corrected chi connectivity index (χ1v) is 7.09. The van der Waals surface area contributed by atoms with Gasteiger partial charge in [-0.1, -0.05) is 12.1 Å². The van der Waals surface area contributed by atoms with Crippen molar-refractivity contribution in [2.75, 3.05) is 0 Å². The third-order valence-electron chi connectivity index (χ3n) is 4.14. The van der Waals surface area contributed by atoms with Crippen LogP contribution < -0.4 is 5.69 Å². The van der Waals surface area contributed by atoms with E-state index in [4.69, 9.17) is 0 Å². The number of H-pyrrole nitrogens is 2. The van der Waals surface area contributed by atoms with Crippen LogP contribution in [-0.2, 0) is 12.8 Å². The number of hydrogen-bond donors (Lipinski definition) is 2. The summed E-state index contributed by atoms with van der Waals surface area (Å²) in [5, 5.41) is 0. The molecule has 2 aromatic carbocycles. The lowest BCUT2D eigenvalue weighted by Gasteiger charge is -2.05. The molecular formula is C17H14N2O2. The molecular weight excluding hydrogens is 264 g/mol. The van der Waals surface area contributed by atoms with Gasteiger partial charge in [-0.05, 0) is 54.7 Å². The standard InChI is InChI=1S/C17H14N2O2/c20-16(12-5-4-10-2-1-3-11(10)8-12)13-6-7-14-15(9-13)19-17(21)18-14/h4-9H,1-3H2,(H2,18,19,21). The van der Waals surface area contributed by atoms with Gasteiger partial charge < -0.3 is 9.97 Å². The molecule has 104 valence electrons. The van der Waals surface area contributed by atoms with E-state index in [-0.39, 0.29) is 11.5 Å². The normalized spacial score (nSPS) is 13.5. The van der Waals surface area contributed by atoms with Crippen molar-refractivity contribution in [3.63, 3.8) is 0 Å². The highest BCUT2D eigenvalue weighted by atomic mass is 16.1. The number of aromatic amines is 2. The molecule has 2 N–H and O–H groups in total. The lowest BCUT2D eigenvalue weighted by molar-refractivity contribution is 0.103. The highest BCUT2D eigenvalue weighted by Crippen LogP contribution is 2.24. The van der Waals surface area contributed by atoms with Crippen LogP contribution in [-0.4, -0.2) is 15.8 Å². The van der Waals surface area contributed by atoms with Gasteiger partial charge in [0.2, 0.25) is 0 Å². The van der Waals surface area contributed by atoms with E-state index in [1.54, 1.807) is 18.2 Å². The van der Waals surface area contributed by atoms with Crippen molar-refractivity contribution >= 4 is 16.8 Å². The maximum absolute atomic E-state index is 12.6. The number of imidazole rings is 1. The number of nitrogens with one attached hydrogen (secondary N) is 2.